The maximum Gasteiger partial charge on any atom is 0.423 e. The summed E-state index contributed by atoms with van der Waals surface area (Å²) in [4.78, 5) is 12.6. The fourth-order valence-corrected chi connectivity index (χ4v) is 3.54. The molecule has 3 aromatic carbocycles. The van der Waals surface area contributed by atoms with Gasteiger partial charge in [-0.2, -0.15) is 0 Å². The number of hydrogen-bond acceptors (Lipinski definition) is 3. The molecule has 0 atom stereocenters. The van der Waals surface area contributed by atoms with E-state index in [2.05, 4.69) is 0 Å². The van der Waals surface area contributed by atoms with Gasteiger partial charge in [-0.05, 0) is 16.7 Å². The molecule has 0 unspecified atom stereocenters. The number of nitrogens with zero attached hydrogens (tertiary/aromatic N) is 1. The second kappa shape index (κ2) is 6.41. The molecule has 1 heterocycles. The summed E-state index contributed by atoms with van der Waals surface area (Å²) < 4.78 is 6.32. The Morgan fingerprint density at radius 3 is 1.38 bits per heavy atom. The number of aromatic hydroxyl groups is 1. The molecule has 0 fully saturated rings. The molecule has 26 heavy (non-hydrogen) atoms. The number of aromatic nitrogens is 1. The van der Waals surface area contributed by atoms with E-state index in [9.17, 15) is 9.90 Å². The third-order valence-corrected chi connectivity index (χ3v) is 4.59. The number of benzene rings is 3. The second-order valence-corrected chi connectivity index (χ2v) is 6.00. The quantitative estimate of drug-likeness (QED) is 0.570. The lowest BCUT2D eigenvalue weighted by atomic mass is 9.76. The summed E-state index contributed by atoms with van der Waals surface area (Å²) in [6, 6.07) is 28.9. The third-order valence-electron chi connectivity index (χ3n) is 4.59. The molecular weight excluding hydrogens is 326 g/mol. The Kier molecular flexibility index (Phi) is 3.93. The number of oxazole rings is 1. The summed E-state index contributed by atoms with van der Waals surface area (Å²) in [7, 11) is 0. The van der Waals surface area contributed by atoms with E-state index in [1.54, 1.807) is 0 Å². The van der Waals surface area contributed by atoms with Gasteiger partial charge in [0.1, 0.15) is 5.54 Å². The highest BCUT2D eigenvalue weighted by atomic mass is 16.4. The van der Waals surface area contributed by atoms with Crippen LogP contribution in [0.4, 0.5) is 0 Å². The average molecular weight is 343 g/mol. The Labute approximate surface area is 150 Å². The van der Waals surface area contributed by atoms with Crippen molar-refractivity contribution in [2.45, 2.75) is 5.54 Å². The summed E-state index contributed by atoms with van der Waals surface area (Å²) in [6.45, 7) is 0. The zero-order valence-electron chi connectivity index (χ0n) is 13.9. The van der Waals surface area contributed by atoms with Crippen LogP contribution < -0.4 is 5.76 Å². The topological polar surface area (TPSA) is 55.4 Å². The molecule has 4 rings (SSSR count). The van der Waals surface area contributed by atoms with Crippen molar-refractivity contribution in [3.05, 3.63) is 124 Å². The van der Waals surface area contributed by atoms with Crippen LogP contribution in [0.3, 0.4) is 0 Å². The molecule has 4 nitrogen and oxygen atoms in total. The van der Waals surface area contributed by atoms with Gasteiger partial charge in [-0.25, -0.2) is 9.36 Å². The van der Waals surface area contributed by atoms with Crippen molar-refractivity contribution in [2.24, 2.45) is 0 Å². The highest BCUT2D eigenvalue weighted by Crippen LogP contribution is 2.41. The van der Waals surface area contributed by atoms with Gasteiger partial charge in [-0.15, -0.1) is 0 Å². The van der Waals surface area contributed by atoms with Crippen molar-refractivity contribution in [2.75, 3.05) is 0 Å². The molecule has 0 radical (unpaired) electrons. The third kappa shape index (κ3) is 2.35. The van der Waals surface area contributed by atoms with Gasteiger partial charge >= 0.3 is 5.76 Å². The van der Waals surface area contributed by atoms with Gasteiger partial charge in [0.25, 0.3) is 0 Å². The summed E-state index contributed by atoms with van der Waals surface area (Å²) in [5, 5.41) is 10.5. The van der Waals surface area contributed by atoms with E-state index in [0.29, 0.717) is 0 Å². The first-order valence-electron chi connectivity index (χ1n) is 8.31. The Morgan fingerprint density at radius 1 is 0.692 bits per heavy atom. The molecule has 0 bridgehead atoms. The SMILES string of the molecule is O=c1occ(O)n1C(c1ccccc1)(c1ccccc1)c1ccccc1. The zero-order chi connectivity index (χ0) is 18.0. The van der Waals surface area contributed by atoms with Crippen LogP contribution in [0.15, 0.2) is 106 Å². The van der Waals surface area contributed by atoms with E-state index in [1.165, 1.54) is 4.57 Å². The van der Waals surface area contributed by atoms with Crippen LogP contribution in [0.25, 0.3) is 0 Å². The summed E-state index contributed by atoms with van der Waals surface area (Å²) in [5.41, 5.74) is 1.47. The monoisotopic (exact) mass is 343 g/mol. The van der Waals surface area contributed by atoms with Gasteiger partial charge in [-0.3, -0.25) is 0 Å². The van der Waals surface area contributed by atoms with Gasteiger partial charge in [0, 0.05) is 0 Å². The lowest BCUT2D eigenvalue weighted by Crippen LogP contribution is -2.42. The molecule has 0 amide bonds. The lowest BCUT2D eigenvalue weighted by molar-refractivity contribution is 0.366. The molecular formula is C22H17NO3. The summed E-state index contributed by atoms with van der Waals surface area (Å²) in [5.74, 6) is -0.856. The van der Waals surface area contributed by atoms with Crippen LogP contribution in [-0.4, -0.2) is 9.67 Å². The minimum atomic E-state index is -1.06. The van der Waals surface area contributed by atoms with Crippen molar-refractivity contribution < 1.29 is 9.52 Å². The van der Waals surface area contributed by atoms with E-state index in [-0.39, 0.29) is 5.88 Å². The molecule has 0 aliphatic heterocycles. The van der Waals surface area contributed by atoms with Crippen LogP contribution in [0, 0.1) is 0 Å². The largest absolute Gasteiger partial charge is 0.492 e. The van der Waals surface area contributed by atoms with Crippen LogP contribution >= 0.6 is 0 Å². The van der Waals surface area contributed by atoms with Gasteiger partial charge in [-0.1, -0.05) is 91.0 Å². The van der Waals surface area contributed by atoms with Gasteiger partial charge in [0.2, 0.25) is 5.88 Å². The van der Waals surface area contributed by atoms with E-state index >= 15 is 0 Å². The van der Waals surface area contributed by atoms with Crippen LogP contribution in [-0.2, 0) is 5.54 Å². The average Bonchev–Trinajstić information content (AvgIpc) is 3.04. The van der Waals surface area contributed by atoms with E-state index in [4.69, 9.17) is 4.42 Å². The Bertz CT molecular complexity index is 954. The molecule has 128 valence electrons. The molecule has 0 spiro atoms. The summed E-state index contributed by atoms with van der Waals surface area (Å²) >= 11 is 0. The predicted molar refractivity (Wildman–Crippen MR) is 99.2 cm³/mol. The first-order chi connectivity index (χ1) is 12.7. The van der Waals surface area contributed by atoms with Crippen molar-refractivity contribution in [3.8, 4) is 5.88 Å². The maximum absolute atomic E-state index is 12.6. The first-order valence-corrected chi connectivity index (χ1v) is 8.31. The summed E-state index contributed by atoms with van der Waals surface area (Å²) in [6.07, 6.45) is 1.08. The fourth-order valence-electron chi connectivity index (χ4n) is 3.54. The van der Waals surface area contributed by atoms with Crippen molar-refractivity contribution in [3.63, 3.8) is 0 Å². The molecule has 4 aromatic rings. The number of hydrogen-bond donors (Lipinski definition) is 1. The Balaban J connectivity index is 2.20. The molecule has 1 N–H and O–H groups in total. The van der Waals surface area contributed by atoms with E-state index in [1.807, 2.05) is 91.0 Å². The van der Waals surface area contributed by atoms with Crippen molar-refractivity contribution in [1.82, 2.24) is 4.57 Å². The molecule has 1 aromatic heterocycles. The second-order valence-electron chi connectivity index (χ2n) is 6.00. The molecule has 4 heteroatoms. The Morgan fingerprint density at radius 2 is 1.08 bits per heavy atom. The first kappa shape index (κ1) is 16.0. The van der Waals surface area contributed by atoms with Gasteiger partial charge in [0.15, 0.2) is 6.26 Å². The van der Waals surface area contributed by atoms with E-state index < -0.39 is 11.3 Å². The predicted octanol–water partition coefficient (Wildman–Crippen LogP) is 3.99. The van der Waals surface area contributed by atoms with Gasteiger partial charge in [0.05, 0.1) is 0 Å². The highest BCUT2D eigenvalue weighted by molar-refractivity contribution is 5.51. The minimum absolute atomic E-state index is 0.230. The maximum atomic E-state index is 12.6. The van der Waals surface area contributed by atoms with E-state index in [0.717, 1.165) is 23.0 Å². The van der Waals surface area contributed by atoms with Crippen molar-refractivity contribution >= 4 is 0 Å². The standard InChI is InChI=1S/C22H17NO3/c24-20-16-26-21(25)23(20)22(17-10-4-1-5-11-17,18-12-6-2-7-13-18)19-14-8-3-9-15-19/h1-16,24H. The normalized spacial score (nSPS) is 11.4. The van der Waals surface area contributed by atoms with Crippen LogP contribution in [0.1, 0.15) is 16.7 Å². The molecule has 0 aliphatic carbocycles. The lowest BCUT2D eigenvalue weighted by Gasteiger charge is -2.36. The minimum Gasteiger partial charge on any atom is -0.492 e. The number of rotatable bonds is 4. The fraction of sp³-hybridized carbons (Fsp3) is 0.0455. The zero-order valence-corrected chi connectivity index (χ0v) is 13.9. The smallest absolute Gasteiger partial charge is 0.423 e. The van der Waals surface area contributed by atoms with Gasteiger partial charge < -0.3 is 9.52 Å². The Hall–Kier alpha value is -3.53. The molecule has 0 saturated carbocycles. The van der Waals surface area contributed by atoms with Crippen LogP contribution in [0.2, 0.25) is 0 Å². The van der Waals surface area contributed by atoms with Crippen molar-refractivity contribution in [1.29, 1.82) is 0 Å². The molecule has 0 saturated heterocycles. The van der Waals surface area contributed by atoms with Crippen LogP contribution in [0.5, 0.6) is 5.88 Å². The molecule has 0 aliphatic rings. The highest BCUT2D eigenvalue weighted by Gasteiger charge is 2.41.